The predicted octanol–water partition coefficient (Wildman–Crippen LogP) is 3.43. The Labute approximate surface area is 157 Å². The van der Waals surface area contributed by atoms with Crippen molar-refractivity contribution in [2.24, 2.45) is 0 Å². The largest absolute Gasteiger partial charge is 0.365 e. The molecule has 2 N–H and O–H groups in total. The minimum Gasteiger partial charge on any atom is -0.365 e. The van der Waals surface area contributed by atoms with Crippen molar-refractivity contribution in [3.05, 3.63) is 49.7 Å². The van der Waals surface area contributed by atoms with Crippen molar-refractivity contribution < 1.29 is 4.79 Å². The molecule has 1 saturated heterocycles. The van der Waals surface area contributed by atoms with Gasteiger partial charge >= 0.3 is 0 Å². The molecular formula is C16H16ClN5OS2. The first-order valence-corrected chi connectivity index (χ1v) is 10.1. The van der Waals surface area contributed by atoms with Crippen molar-refractivity contribution in [2.75, 3.05) is 18.4 Å². The standard InChI is InChI=1S/C16H16ClN5OS2/c17-14-2-1-11(25-14)7-19-15-5-12(10-3-4-18-6-10)21-22(15)16(23)13-8-24-9-20-13/h1-2,5,8-10,18-19H,3-4,6-7H2. The maximum absolute atomic E-state index is 12.7. The van der Waals surface area contributed by atoms with Crippen molar-refractivity contribution in [2.45, 2.75) is 18.9 Å². The number of nitrogens with zero attached hydrogens (tertiary/aromatic N) is 3. The van der Waals surface area contributed by atoms with Crippen LogP contribution in [0.25, 0.3) is 0 Å². The lowest BCUT2D eigenvalue weighted by Gasteiger charge is -2.06. The van der Waals surface area contributed by atoms with Gasteiger partial charge in [-0.2, -0.15) is 9.78 Å². The fourth-order valence-electron chi connectivity index (χ4n) is 2.84. The van der Waals surface area contributed by atoms with E-state index < -0.39 is 0 Å². The van der Waals surface area contributed by atoms with Crippen molar-refractivity contribution in [1.29, 1.82) is 0 Å². The lowest BCUT2D eigenvalue weighted by atomic mass is 10.1. The molecule has 1 unspecified atom stereocenters. The highest BCUT2D eigenvalue weighted by Crippen LogP contribution is 2.26. The Morgan fingerprint density at radius 2 is 2.40 bits per heavy atom. The number of halogens is 1. The van der Waals surface area contributed by atoms with E-state index in [4.69, 9.17) is 11.6 Å². The van der Waals surface area contributed by atoms with Gasteiger partial charge in [0, 0.05) is 28.8 Å². The Morgan fingerprint density at radius 1 is 1.48 bits per heavy atom. The number of carbonyl (C=O) groups is 1. The van der Waals surface area contributed by atoms with Crippen LogP contribution in [0.5, 0.6) is 0 Å². The maximum Gasteiger partial charge on any atom is 0.299 e. The number of hydrogen-bond acceptors (Lipinski definition) is 7. The molecule has 0 bridgehead atoms. The molecule has 9 heteroatoms. The molecule has 0 aromatic carbocycles. The topological polar surface area (TPSA) is 71.8 Å². The molecule has 3 aromatic rings. The van der Waals surface area contributed by atoms with Gasteiger partial charge in [0.05, 0.1) is 22.1 Å². The lowest BCUT2D eigenvalue weighted by molar-refractivity contribution is 0.0942. The van der Waals surface area contributed by atoms with Crippen LogP contribution in [0.15, 0.2) is 29.1 Å². The first-order chi connectivity index (χ1) is 12.2. The quantitative estimate of drug-likeness (QED) is 0.694. The number of hydrogen-bond donors (Lipinski definition) is 2. The van der Waals surface area contributed by atoms with E-state index in [0.717, 1.165) is 34.4 Å². The molecule has 4 heterocycles. The van der Waals surface area contributed by atoms with Crippen LogP contribution in [0.4, 0.5) is 5.82 Å². The van der Waals surface area contributed by atoms with Crippen molar-refractivity contribution in [3.63, 3.8) is 0 Å². The van der Waals surface area contributed by atoms with Crippen molar-refractivity contribution in [1.82, 2.24) is 20.1 Å². The molecule has 0 amide bonds. The monoisotopic (exact) mass is 393 g/mol. The van der Waals surface area contributed by atoms with Crippen LogP contribution in [-0.2, 0) is 6.54 Å². The number of thiazole rings is 1. The molecule has 6 nitrogen and oxygen atoms in total. The Balaban J connectivity index is 1.61. The normalized spacial score (nSPS) is 17.1. The highest BCUT2D eigenvalue weighted by Gasteiger charge is 2.24. The van der Waals surface area contributed by atoms with E-state index in [9.17, 15) is 4.79 Å². The van der Waals surface area contributed by atoms with E-state index in [1.165, 1.54) is 27.4 Å². The van der Waals surface area contributed by atoms with Gasteiger partial charge in [-0.1, -0.05) is 11.6 Å². The second-order valence-electron chi connectivity index (χ2n) is 5.79. The SMILES string of the molecule is O=C(c1cscn1)n1nc(C2CCNC2)cc1NCc1ccc(Cl)s1. The number of aromatic nitrogens is 3. The van der Waals surface area contributed by atoms with Crippen LogP contribution in [0.2, 0.25) is 4.34 Å². The van der Waals surface area contributed by atoms with Crippen LogP contribution in [-0.4, -0.2) is 33.8 Å². The van der Waals surface area contributed by atoms with Gasteiger partial charge in [0.1, 0.15) is 11.5 Å². The lowest BCUT2D eigenvalue weighted by Crippen LogP contribution is -2.18. The molecule has 1 aliphatic heterocycles. The van der Waals surface area contributed by atoms with Gasteiger partial charge in [0.2, 0.25) is 0 Å². The van der Waals surface area contributed by atoms with Crippen molar-refractivity contribution in [3.8, 4) is 0 Å². The fraction of sp³-hybridized carbons (Fsp3) is 0.312. The minimum atomic E-state index is -0.217. The number of thiophene rings is 1. The van der Waals surface area contributed by atoms with Crippen LogP contribution in [0.1, 0.15) is 33.4 Å². The molecule has 25 heavy (non-hydrogen) atoms. The number of carbonyl (C=O) groups excluding carboxylic acids is 1. The van der Waals surface area contributed by atoms with Gasteiger partial charge in [-0.25, -0.2) is 4.98 Å². The van der Waals surface area contributed by atoms with Crippen LogP contribution < -0.4 is 10.6 Å². The molecule has 0 spiro atoms. The summed E-state index contributed by atoms with van der Waals surface area (Å²) < 4.78 is 2.18. The molecule has 0 aliphatic carbocycles. The number of rotatable bonds is 5. The molecule has 0 radical (unpaired) electrons. The van der Waals surface area contributed by atoms with E-state index in [1.54, 1.807) is 10.9 Å². The summed E-state index contributed by atoms with van der Waals surface area (Å²) in [4.78, 5) is 18.0. The summed E-state index contributed by atoms with van der Waals surface area (Å²) >= 11 is 8.90. The molecule has 3 aromatic heterocycles. The minimum absolute atomic E-state index is 0.217. The summed E-state index contributed by atoms with van der Waals surface area (Å²) in [6.45, 7) is 2.46. The molecule has 1 atom stereocenters. The molecular weight excluding hydrogens is 378 g/mol. The highest BCUT2D eigenvalue weighted by molar-refractivity contribution is 7.16. The Kier molecular flexibility index (Phi) is 4.85. The average molecular weight is 394 g/mol. The van der Waals surface area contributed by atoms with Gasteiger partial charge in [0.25, 0.3) is 5.91 Å². The second-order valence-corrected chi connectivity index (χ2v) is 8.31. The summed E-state index contributed by atoms with van der Waals surface area (Å²) in [5.74, 6) is 0.802. The van der Waals surface area contributed by atoms with Gasteiger partial charge in [-0.3, -0.25) is 4.79 Å². The predicted molar refractivity (Wildman–Crippen MR) is 101 cm³/mol. The highest BCUT2D eigenvalue weighted by atomic mass is 35.5. The van der Waals surface area contributed by atoms with E-state index in [2.05, 4.69) is 20.7 Å². The fourth-order valence-corrected chi connectivity index (χ4v) is 4.39. The first kappa shape index (κ1) is 16.7. The van der Waals surface area contributed by atoms with E-state index >= 15 is 0 Å². The van der Waals surface area contributed by atoms with Crippen molar-refractivity contribution >= 4 is 46.0 Å². The maximum atomic E-state index is 12.7. The average Bonchev–Trinajstić information content (AvgIpc) is 3.38. The zero-order valence-electron chi connectivity index (χ0n) is 13.2. The summed E-state index contributed by atoms with van der Waals surface area (Å²) in [5, 5.41) is 13.0. The third kappa shape index (κ3) is 3.62. The Hall–Kier alpha value is -1.74. The summed E-state index contributed by atoms with van der Waals surface area (Å²) in [7, 11) is 0. The van der Waals surface area contributed by atoms with Crippen LogP contribution in [0.3, 0.4) is 0 Å². The van der Waals surface area contributed by atoms with Gasteiger partial charge in [0.15, 0.2) is 0 Å². The second kappa shape index (κ2) is 7.25. The molecule has 0 saturated carbocycles. The number of nitrogens with one attached hydrogen (secondary N) is 2. The summed E-state index contributed by atoms with van der Waals surface area (Å²) in [6, 6.07) is 5.82. The Bertz CT molecular complexity index is 867. The van der Waals surface area contributed by atoms with Gasteiger partial charge in [-0.15, -0.1) is 22.7 Å². The van der Waals surface area contributed by atoms with E-state index in [-0.39, 0.29) is 5.91 Å². The number of anilines is 1. The molecule has 130 valence electrons. The van der Waals surface area contributed by atoms with E-state index in [1.807, 2.05) is 18.2 Å². The first-order valence-electron chi connectivity index (χ1n) is 7.92. The van der Waals surface area contributed by atoms with Gasteiger partial charge < -0.3 is 10.6 Å². The zero-order valence-corrected chi connectivity index (χ0v) is 15.6. The summed E-state index contributed by atoms with van der Waals surface area (Å²) in [6.07, 6.45) is 1.03. The molecule has 1 aliphatic rings. The smallest absolute Gasteiger partial charge is 0.299 e. The molecule has 4 rings (SSSR count). The van der Waals surface area contributed by atoms with Crippen LogP contribution in [0, 0.1) is 0 Å². The third-order valence-electron chi connectivity index (χ3n) is 4.12. The zero-order chi connectivity index (χ0) is 17.2. The van der Waals surface area contributed by atoms with Crippen LogP contribution >= 0.6 is 34.3 Å². The van der Waals surface area contributed by atoms with Gasteiger partial charge in [-0.05, 0) is 25.1 Å². The Morgan fingerprint density at radius 3 is 3.08 bits per heavy atom. The third-order valence-corrected chi connectivity index (χ3v) is 5.94. The summed E-state index contributed by atoms with van der Waals surface area (Å²) in [5.41, 5.74) is 2.99. The molecule has 1 fully saturated rings. The van der Waals surface area contributed by atoms with E-state index in [0.29, 0.717) is 24.0 Å².